The summed E-state index contributed by atoms with van der Waals surface area (Å²) in [5.41, 5.74) is 8.74. The molecule has 0 amide bonds. The summed E-state index contributed by atoms with van der Waals surface area (Å²) in [4.78, 5) is 0. The smallest absolute Gasteiger partial charge is 0.123 e. The van der Waals surface area contributed by atoms with E-state index < -0.39 is 0 Å². The average Bonchev–Trinajstić information content (AvgIpc) is 3.47. The second kappa shape index (κ2) is 7.63. The van der Waals surface area contributed by atoms with Crippen LogP contribution in [0.5, 0.6) is 0 Å². The highest BCUT2D eigenvalue weighted by atomic mass is 19.1. The lowest BCUT2D eigenvalue weighted by Gasteiger charge is -2.43. The zero-order chi connectivity index (χ0) is 20.8. The Hall–Kier alpha value is -2.09. The Balaban J connectivity index is 1.88. The summed E-state index contributed by atoms with van der Waals surface area (Å²) < 4.78 is 13.6. The van der Waals surface area contributed by atoms with E-state index in [-0.39, 0.29) is 11.7 Å². The van der Waals surface area contributed by atoms with Gasteiger partial charge in [-0.2, -0.15) is 0 Å². The first kappa shape index (κ1) is 20.2. The number of hydrogen-bond donors (Lipinski definition) is 1. The number of hydrogen-bond acceptors (Lipinski definition) is 1. The predicted molar refractivity (Wildman–Crippen MR) is 120 cm³/mol. The molecule has 154 valence electrons. The summed E-state index contributed by atoms with van der Waals surface area (Å²) in [6.07, 6.45) is 10.8. The maximum atomic E-state index is 13.6. The van der Waals surface area contributed by atoms with Gasteiger partial charge in [0.05, 0.1) is 0 Å². The molecule has 2 aliphatic carbocycles. The zero-order valence-corrected chi connectivity index (χ0v) is 18.3. The fourth-order valence-corrected chi connectivity index (χ4v) is 5.38. The van der Waals surface area contributed by atoms with Crippen LogP contribution in [-0.4, -0.2) is 6.04 Å². The van der Waals surface area contributed by atoms with Crippen molar-refractivity contribution in [2.75, 3.05) is 0 Å². The molecule has 1 spiro atoms. The molecule has 1 aliphatic heterocycles. The number of allylic oxidation sites excluding steroid dienone is 6. The van der Waals surface area contributed by atoms with Crippen molar-refractivity contribution < 1.29 is 4.39 Å². The Morgan fingerprint density at radius 1 is 1.21 bits per heavy atom. The molecule has 1 aromatic rings. The van der Waals surface area contributed by atoms with Gasteiger partial charge < -0.3 is 5.32 Å². The van der Waals surface area contributed by atoms with Crippen molar-refractivity contribution in [1.82, 2.24) is 5.32 Å². The highest BCUT2D eigenvalue weighted by Gasteiger charge is 2.49. The Bertz CT molecular complexity index is 893. The predicted octanol–water partition coefficient (Wildman–Crippen LogP) is 7.20. The fourth-order valence-electron chi connectivity index (χ4n) is 5.38. The minimum absolute atomic E-state index is 0.0515. The van der Waals surface area contributed by atoms with Gasteiger partial charge in [-0.25, -0.2) is 4.39 Å². The summed E-state index contributed by atoms with van der Waals surface area (Å²) in [7, 11) is 0. The van der Waals surface area contributed by atoms with Gasteiger partial charge in [-0.1, -0.05) is 38.1 Å². The van der Waals surface area contributed by atoms with Gasteiger partial charge in [-0.3, -0.25) is 0 Å². The lowest BCUT2D eigenvalue weighted by atomic mass is 9.70. The minimum atomic E-state index is -0.193. The van der Waals surface area contributed by atoms with Crippen LogP contribution in [0.3, 0.4) is 0 Å². The van der Waals surface area contributed by atoms with Crippen LogP contribution in [0.2, 0.25) is 0 Å². The molecule has 0 saturated heterocycles. The largest absolute Gasteiger partial charge is 0.381 e. The summed E-state index contributed by atoms with van der Waals surface area (Å²) in [6.45, 7) is 13.1. The van der Waals surface area contributed by atoms with E-state index in [0.29, 0.717) is 17.4 Å². The minimum Gasteiger partial charge on any atom is -0.381 e. The van der Waals surface area contributed by atoms with Crippen molar-refractivity contribution >= 4 is 0 Å². The topological polar surface area (TPSA) is 12.0 Å². The van der Waals surface area contributed by atoms with Crippen LogP contribution in [0.25, 0.3) is 0 Å². The molecule has 2 saturated carbocycles. The van der Waals surface area contributed by atoms with Crippen LogP contribution in [0.4, 0.5) is 4.39 Å². The molecule has 3 aliphatic rings. The maximum Gasteiger partial charge on any atom is 0.123 e. The molecular weight excluding hydrogens is 357 g/mol. The molecule has 1 aromatic carbocycles. The van der Waals surface area contributed by atoms with E-state index in [9.17, 15) is 4.39 Å². The van der Waals surface area contributed by atoms with Gasteiger partial charge in [0.15, 0.2) is 0 Å². The second-order valence-electron chi connectivity index (χ2n) is 9.52. The number of nitrogens with one attached hydrogen (secondary N) is 1. The molecule has 2 atom stereocenters. The van der Waals surface area contributed by atoms with E-state index in [1.54, 1.807) is 17.7 Å². The first-order chi connectivity index (χ1) is 13.9. The normalized spacial score (nSPS) is 24.5. The SMILES string of the molecule is C=CC(C1=C(C(C)C)N[C@@H]2CC3(CCC2=C1/C(C)=C\C)CC3)c1ccc(F)cc1. The molecule has 4 rings (SSSR count). The molecule has 2 heteroatoms. The van der Waals surface area contributed by atoms with Gasteiger partial charge >= 0.3 is 0 Å². The van der Waals surface area contributed by atoms with Gasteiger partial charge in [-0.05, 0) is 97.3 Å². The van der Waals surface area contributed by atoms with Crippen molar-refractivity contribution in [3.05, 3.63) is 82.4 Å². The molecule has 0 aromatic heterocycles. The van der Waals surface area contributed by atoms with E-state index in [1.807, 2.05) is 18.2 Å². The highest BCUT2D eigenvalue weighted by Crippen LogP contribution is 2.59. The number of benzene rings is 1. The molecule has 0 radical (unpaired) electrons. The Kier molecular flexibility index (Phi) is 5.31. The van der Waals surface area contributed by atoms with Crippen molar-refractivity contribution in [3.8, 4) is 0 Å². The van der Waals surface area contributed by atoms with E-state index in [2.05, 4.69) is 45.7 Å². The van der Waals surface area contributed by atoms with Gasteiger partial charge in [0.25, 0.3) is 0 Å². The molecule has 29 heavy (non-hydrogen) atoms. The van der Waals surface area contributed by atoms with Gasteiger partial charge in [0.2, 0.25) is 0 Å². The molecule has 1 unspecified atom stereocenters. The number of fused-ring (bicyclic) bond motifs is 1. The Labute approximate surface area is 175 Å². The van der Waals surface area contributed by atoms with Crippen LogP contribution in [-0.2, 0) is 0 Å². The Morgan fingerprint density at radius 3 is 2.45 bits per heavy atom. The first-order valence-electron chi connectivity index (χ1n) is 11.1. The summed E-state index contributed by atoms with van der Waals surface area (Å²) in [5, 5.41) is 3.98. The van der Waals surface area contributed by atoms with Crippen LogP contribution in [0.15, 0.2) is 71.0 Å². The van der Waals surface area contributed by atoms with Gasteiger partial charge in [0, 0.05) is 17.7 Å². The van der Waals surface area contributed by atoms with Crippen molar-refractivity contribution in [3.63, 3.8) is 0 Å². The summed E-state index contributed by atoms with van der Waals surface area (Å²) in [5.74, 6) is 0.253. The number of dihydropyridines is 1. The third-order valence-corrected chi connectivity index (χ3v) is 7.33. The van der Waals surface area contributed by atoms with Crippen LogP contribution < -0.4 is 5.32 Å². The van der Waals surface area contributed by atoms with Crippen molar-refractivity contribution in [2.45, 2.75) is 71.8 Å². The summed E-state index contributed by atoms with van der Waals surface area (Å²) >= 11 is 0. The molecule has 1 heterocycles. The number of rotatable bonds is 5. The van der Waals surface area contributed by atoms with Crippen LogP contribution >= 0.6 is 0 Å². The van der Waals surface area contributed by atoms with Crippen molar-refractivity contribution in [2.24, 2.45) is 11.3 Å². The fraction of sp³-hybridized carbons (Fsp3) is 0.481. The molecule has 0 bridgehead atoms. The van der Waals surface area contributed by atoms with Crippen molar-refractivity contribution in [1.29, 1.82) is 0 Å². The van der Waals surface area contributed by atoms with E-state index >= 15 is 0 Å². The van der Waals surface area contributed by atoms with E-state index in [1.165, 1.54) is 54.5 Å². The van der Waals surface area contributed by atoms with Crippen LogP contribution in [0, 0.1) is 17.2 Å². The standard InChI is InChI=1S/C27H34FN/c1-6-18(5)24-22-12-13-27(14-15-27)16-23(22)29-26(17(3)4)25(24)21(7-2)19-8-10-20(28)11-9-19/h6-11,17,21,23,29H,2,12-16H2,1,3-5H3/b18-6-/t21?,23-/m1/s1. The maximum absolute atomic E-state index is 13.6. The quantitative estimate of drug-likeness (QED) is 0.523. The molecule has 2 fully saturated rings. The molecule has 1 nitrogen and oxygen atoms in total. The lowest BCUT2D eigenvalue weighted by Crippen LogP contribution is -2.42. The first-order valence-corrected chi connectivity index (χ1v) is 11.1. The third-order valence-electron chi connectivity index (χ3n) is 7.33. The molecular formula is C27H34FN. The van der Waals surface area contributed by atoms with Crippen LogP contribution in [0.1, 0.15) is 71.3 Å². The van der Waals surface area contributed by atoms with Gasteiger partial charge in [-0.15, -0.1) is 6.58 Å². The van der Waals surface area contributed by atoms with Gasteiger partial charge in [0.1, 0.15) is 5.82 Å². The Morgan fingerprint density at radius 2 is 1.90 bits per heavy atom. The summed E-state index contributed by atoms with van der Waals surface area (Å²) in [6, 6.07) is 7.40. The lowest BCUT2D eigenvalue weighted by molar-refractivity contribution is 0.322. The highest BCUT2D eigenvalue weighted by molar-refractivity contribution is 5.60. The zero-order valence-electron chi connectivity index (χ0n) is 18.3. The third kappa shape index (κ3) is 3.63. The molecule has 1 N–H and O–H groups in total. The monoisotopic (exact) mass is 391 g/mol. The number of halogens is 1. The van der Waals surface area contributed by atoms with E-state index in [0.717, 1.165) is 5.56 Å². The second-order valence-corrected chi connectivity index (χ2v) is 9.52. The average molecular weight is 392 g/mol. The van der Waals surface area contributed by atoms with E-state index in [4.69, 9.17) is 0 Å².